The molecule has 1 saturated heterocycles. The van der Waals surface area contributed by atoms with E-state index in [0.717, 1.165) is 30.5 Å². The molecule has 4 heteroatoms. The Morgan fingerprint density at radius 1 is 1.12 bits per heavy atom. The summed E-state index contributed by atoms with van der Waals surface area (Å²) in [5.74, 6) is 1.88. The average molecular weight is 338 g/mol. The van der Waals surface area contributed by atoms with Crippen LogP contribution >= 0.6 is 0 Å². The minimum Gasteiger partial charge on any atom is -0.329 e. The van der Waals surface area contributed by atoms with Crippen LogP contribution in [0.4, 0.5) is 11.5 Å². The highest BCUT2D eigenvalue weighted by atomic mass is 15.2. The second-order valence-electron chi connectivity index (χ2n) is 7.03. The van der Waals surface area contributed by atoms with Gasteiger partial charge in [-0.05, 0) is 75.6 Å². The summed E-state index contributed by atoms with van der Waals surface area (Å²) in [7, 11) is 4.11. The number of hydrogen-bond donors (Lipinski definition) is 1. The number of hydrogen-bond acceptors (Lipinski definition) is 4. The number of nitrogens with one attached hydrogen (secondary N) is 1. The maximum Gasteiger partial charge on any atom is 0.132 e. The van der Waals surface area contributed by atoms with Crippen molar-refractivity contribution in [3.8, 4) is 0 Å². The van der Waals surface area contributed by atoms with Crippen molar-refractivity contribution in [2.24, 2.45) is 5.92 Å². The summed E-state index contributed by atoms with van der Waals surface area (Å²) in [5.41, 5.74) is 2.46. The van der Waals surface area contributed by atoms with Crippen LogP contribution in [0.15, 0.2) is 48.7 Å². The molecule has 0 radical (unpaired) electrons. The highest BCUT2D eigenvalue weighted by molar-refractivity contribution is 5.58. The number of pyridine rings is 1. The molecule has 1 aliphatic rings. The molecule has 0 unspecified atom stereocenters. The first-order valence-corrected chi connectivity index (χ1v) is 9.37. The molecule has 0 amide bonds. The van der Waals surface area contributed by atoms with Crippen LogP contribution in [0.2, 0.25) is 0 Å². The van der Waals surface area contributed by atoms with E-state index in [4.69, 9.17) is 0 Å². The monoisotopic (exact) mass is 338 g/mol. The predicted octanol–water partition coefficient (Wildman–Crippen LogP) is 3.67. The maximum atomic E-state index is 4.67. The molecule has 134 valence electrons. The number of likely N-dealkylation sites (tertiary alicyclic amines) is 1. The molecule has 0 spiro atoms. The largest absolute Gasteiger partial charge is 0.329 e. The molecule has 3 rings (SSSR count). The summed E-state index contributed by atoms with van der Waals surface area (Å²) in [4.78, 5) is 9.35. The van der Waals surface area contributed by atoms with Crippen molar-refractivity contribution in [3.05, 3.63) is 54.2 Å². The zero-order valence-corrected chi connectivity index (χ0v) is 15.5. The molecule has 1 N–H and O–H groups in total. The van der Waals surface area contributed by atoms with E-state index in [2.05, 4.69) is 63.5 Å². The van der Waals surface area contributed by atoms with E-state index in [9.17, 15) is 0 Å². The van der Waals surface area contributed by atoms with Crippen LogP contribution in [0.1, 0.15) is 24.8 Å². The molecule has 0 atom stereocenters. The first-order valence-electron chi connectivity index (χ1n) is 9.37. The first kappa shape index (κ1) is 17.9. The van der Waals surface area contributed by atoms with Gasteiger partial charge >= 0.3 is 0 Å². The molecule has 1 fully saturated rings. The Labute approximate surface area is 151 Å². The van der Waals surface area contributed by atoms with E-state index >= 15 is 0 Å². The van der Waals surface area contributed by atoms with Crippen LogP contribution in [0, 0.1) is 5.92 Å². The summed E-state index contributed by atoms with van der Waals surface area (Å²) in [5, 5.41) is 3.27. The third-order valence-corrected chi connectivity index (χ3v) is 5.21. The molecule has 1 aromatic carbocycles. The molecule has 2 aromatic rings. The topological polar surface area (TPSA) is 31.4 Å². The lowest BCUT2D eigenvalue weighted by Crippen LogP contribution is -2.34. The summed E-state index contributed by atoms with van der Waals surface area (Å²) in [6, 6.07) is 14.7. The minimum atomic E-state index is 0.892. The van der Waals surface area contributed by atoms with Gasteiger partial charge in [0, 0.05) is 25.5 Å². The van der Waals surface area contributed by atoms with Crippen molar-refractivity contribution in [2.75, 3.05) is 38.6 Å². The van der Waals surface area contributed by atoms with Gasteiger partial charge in [-0.3, -0.25) is 4.90 Å². The molecule has 2 heterocycles. The van der Waals surface area contributed by atoms with Crippen LogP contribution in [-0.4, -0.2) is 43.6 Å². The van der Waals surface area contributed by atoms with Gasteiger partial charge < -0.3 is 10.2 Å². The fourth-order valence-corrected chi connectivity index (χ4v) is 3.53. The Balaban J connectivity index is 1.52. The number of benzene rings is 1. The summed E-state index contributed by atoms with van der Waals surface area (Å²) < 4.78 is 0. The number of rotatable bonds is 7. The summed E-state index contributed by atoms with van der Waals surface area (Å²) in [6.45, 7) is 4.58. The second-order valence-corrected chi connectivity index (χ2v) is 7.03. The molecule has 0 bridgehead atoms. The number of anilines is 2. The Hall–Kier alpha value is -1.91. The molecule has 1 aliphatic heterocycles. The van der Waals surface area contributed by atoms with Crippen molar-refractivity contribution in [2.45, 2.75) is 25.8 Å². The molecule has 25 heavy (non-hydrogen) atoms. The van der Waals surface area contributed by atoms with Crippen LogP contribution in [-0.2, 0) is 6.54 Å². The van der Waals surface area contributed by atoms with Crippen LogP contribution in [0.25, 0.3) is 0 Å². The number of aromatic nitrogens is 1. The van der Waals surface area contributed by atoms with Crippen molar-refractivity contribution in [1.29, 1.82) is 0 Å². The van der Waals surface area contributed by atoms with E-state index in [1.54, 1.807) is 0 Å². The third kappa shape index (κ3) is 5.03. The first-order chi connectivity index (χ1) is 12.3. The van der Waals surface area contributed by atoms with Crippen molar-refractivity contribution < 1.29 is 0 Å². The van der Waals surface area contributed by atoms with Gasteiger partial charge in [-0.25, -0.2) is 4.98 Å². The lowest BCUT2D eigenvalue weighted by atomic mass is 9.93. The Kier molecular flexibility index (Phi) is 6.42. The van der Waals surface area contributed by atoms with Gasteiger partial charge in [0.15, 0.2) is 0 Å². The highest BCUT2D eigenvalue weighted by Gasteiger charge is 2.18. The SMILES string of the molecule is CNCCC1CCN(Cc2ccc(N(C)c3ccccc3)nc2)CC1. The highest BCUT2D eigenvalue weighted by Crippen LogP contribution is 2.23. The number of para-hydroxylation sites is 1. The van der Waals surface area contributed by atoms with E-state index < -0.39 is 0 Å². The van der Waals surface area contributed by atoms with E-state index in [1.165, 1.54) is 37.9 Å². The molecular formula is C21H30N4. The summed E-state index contributed by atoms with van der Waals surface area (Å²) >= 11 is 0. The number of piperidine rings is 1. The number of nitrogens with zero attached hydrogens (tertiary/aromatic N) is 3. The van der Waals surface area contributed by atoms with Crippen molar-refractivity contribution in [3.63, 3.8) is 0 Å². The molecule has 0 aliphatic carbocycles. The van der Waals surface area contributed by atoms with Crippen LogP contribution < -0.4 is 10.2 Å². The van der Waals surface area contributed by atoms with E-state index in [-0.39, 0.29) is 0 Å². The van der Waals surface area contributed by atoms with Crippen molar-refractivity contribution in [1.82, 2.24) is 15.2 Å². The van der Waals surface area contributed by atoms with Crippen molar-refractivity contribution >= 4 is 11.5 Å². The average Bonchev–Trinajstić information content (AvgIpc) is 2.68. The molecule has 1 aromatic heterocycles. The van der Waals surface area contributed by atoms with Gasteiger partial charge in [-0.1, -0.05) is 24.3 Å². The molecular weight excluding hydrogens is 308 g/mol. The standard InChI is InChI=1S/C21H30N4/c1-22-13-10-18-11-14-25(15-12-18)17-19-8-9-21(23-16-19)24(2)20-6-4-3-5-7-20/h3-9,16,18,22H,10-15,17H2,1-2H3. The van der Waals surface area contributed by atoms with Gasteiger partial charge in [0.2, 0.25) is 0 Å². The normalized spacial score (nSPS) is 16.1. The van der Waals surface area contributed by atoms with Gasteiger partial charge in [-0.15, -0.1) is 0 Å². The quantitative estimate of drug-likeness (QED) is 0.835. The molecule has 4 nitrogen and oxygen atoms in total. The van der Waals surface area contributed by atoms with E-state index in [0.29, 0.717) is 0 Å². The van der Waals surface area contributed by atoms with Gasteiger partial charge in [-0.2, -0.15) is 0 Å². The fraction of sp³-hybridized carbons (Fsp3) is 0.476. The lowest BCUT2D eigenvalue weighted by Gasteiger charge is -2.32. The zero-order chi connectivity index (χ0) is 17.5. The third-order valence-electron chi connectivity index (χ3n) is 5.21. The maximum absolute atomic E-state index is 4.67. The minimum absolute atomic E-state index is 0.892. The molecule has 0 saturated carbocycles. The Morgan fingerprint density at radius 3 is 2.52 bits per heavy atom. The summed E-state index contributed by atoms with van der Waals surface area (Å²) in [6.07, 6.45) is 5.99. The van der Waals surface area contributed by atoms with E-state index in [1.807, 2.05) is 19.3 Å². The lowest BCUT2D eigenvalue weighted by molar-refractivity contribution is 0.172. The van der Waals surface area contributed by atoms with Gasteiger partial charge in [0.05, 0.1) is 0 Å². The van der Waals surface area contributed by atoms with Crippen LogP contribution in [0.3, 0.4) is 0 Å². The zero-order valence-electron chi connectivity index (χ0n) is 15.5. The Morgan fingerprint density at radius 2 is 1.88 bits per heavy atom. The fourth-order valence-electron chi connectivity index (χ4n) is 3.53. The van der Waals surface area contributed by atoms with Crippen LogP contribution in [0.5, 0.6) is 0 Å². The van der Waals surface area contributed by atoms with Gasteiger partial charge in [0.1, 0.15) is 5.82 Å². The Bertz CT molecular complexity index is 618. The predicted molar refractivity (Wildman–Crippen MR) is 105 cm³/mol. The second kappa shape index (κ2) is 8.97. The van der Waals surface area contributed by atoms with Gasteiger partial charge in [0.25, 0.3) is 0 Å². The smallest absolute Gasteiger partial charge is 0.132 e.